The zero-order chi connectivity index (χ0) is 12.3. The smallest absolute Gasteiger partial charge is 0.237 e. The highest BCUT2D eigenvalue weighted by Crippen LogP contribution is 2.22. The van der Waals surface area contributed by atoms with Crippen LogP contribution in [-0.2, 0) is 11.3 Å². The molecule has 1 amide bonds. The van der Waals surface area contributed by atoms with Gasteiger partial charge in [-0.2, -0.15) is 0 Å². The first kappa shape index (κ1) is 12.1. The van der Waals surface area contributed by atoms with Crippen molar-refractivity contribution in [1.82, 2.24) is 10.6 Å². The van der Waals surface area contributed by atoms with E-state index in [1.54, 1.807) is 0 Å². The lowest BCUT2D eigenvalue weighted by atomic mass is 10.0. The molecule has 1 heterocycles. The molecule has 3 nitrogen and oxygen atoms in total. The summed E-state index contributed by atoms with van der Waals surface area (Å²) in [6, 6.07) is 9.95. The molecule has 0 bridgehead atoms. The predicted molar refractivity (Wildman–Crippen MR) is 68.5 cm³/mol. The van der Waals surface area contributed by atoms with E-state index in [1.807, 2.05) is 30.3 Å². The molecule has 0 radical (unpaired) electrons. The molecular formula is C14H20N2O. The Labute approximate surface area is 103 Å². The normalized spacial score (nSPS) is 22.4. The van der Waals surface area contributed by atoms with Gasteiger partial charge in [-0.1, -0.05) is 30.3 Å². The average Bonchev–Trinajstić information content (AvgIpc) is 2.68. The first-order chi connectivity index (χ1) is 8.07. The molecule has 0 aromatic heterocycles. The van der Waals surface area contributed by atoms with Crippen molar-refractivity contribution < 1.29 is 4.79 Å². The number of rotatable bonds is 3. The molecule has 1 unspecified atom stereocenters. The Morgan fingerprint density at radius 2 is 2.12 bits per heavy atom. The van der Waals surface area contributed by atoms with E-state index in [4.69, 9.17) is 0 Å². The summed E-state index contributed by atoms with van der Waals surface area (Å²) in [6.07, 6.45) is 1.98. The van der Waals surface area contributed by atoms with Crippen molar-refractivity contribution in [2.45, 2.75) is 44.8 Å². The Hall–Kier alpha value is -1.35. The van der Waals surface area contributed by atoms with Gasteiger partial charge in [0.15, 0.2) is 0 Å². The third-order valence-electron chi connectivity index (χ3n) is 3.25. The number of hydrogen-bond donors (Lipinski definition) is 2. The van der Waals surface area contributed by atoms with Crippen molar-refractivity contribution in [2.75, 3.05) is 0 Å². The molecule has 17 heavy (non-hydrogen) atoms. The lowest BCUT2D eigenvalue weighted by molar-refractivity contribution is -0.123. The highest BCUT2D eigenvalue weighted by Gasteiger charge is 2.33. The Morgan fingerprint density at radius 1 is 1.41 bits per heavy atom. The van der Waals surface area contributed by atoms with Crippen molar-refractivity contribution in [2.24, 2.45) is 0 Å². The van der Waals surface area contributed by atoms with Crippen molar-refractivity contribution in [3.8, 4) is 0 Å². The van der Waals surface area contributed by atoms with Crippen molar-refractivity contribution in [3.63, 3.8) is 0 Å². The molecule has 1 aliphatic rings. The van der Waals surface area contributed by atoms with Crippen LogP contribution < -0.4 is 10.6 Å². The summed E-state index contributed by atoms with van der Waals surface area (Å²) in [4.78, 5) is 11.9. The van der Waals surface area contributed by atoms with Crippen LogP contribution in [-0.4, -0.2) is 17.5 Å². The van der Waals surface area contributed by atoms with Gasteiger partial charge < -0.3 is 10.6 Å². The molecule has 1 aromatic carbocycles. The minimum atomic E-state index is -0.0336. The van der Waals surface area contributed by atoms with Gasteiger partial charge in [-0.15, -0.1) is 0 Å². The van der Waals surface area contributed by atoms with Crippen LogP contribution in [0.5, 0.6) is 0 Å². The topological polar surface area (TPSA) is 41.1 Å². The molecule has 2 N–H and O–H groups in total. The summed E-state index contributed by atoms with van der Waals surface area (Å²) in [6.45, 7) is 4.88. The van der Waals surface area contributed by atoms with Gasteiger partial charge in [0, 0.05) is 12.1 Å². The van der Waals surface area contributed by atoms with E-state index >= 15 is 0 Å². The summed E-state index contributed by atoms with van der Waals surface area (Å²) < 4.78 is 0. The SMILES string of the molecule is CC1(C)CCC(C(=O)NCc2ccccc2)N1. The van der Waals surface area contributed by atoms with E-state index in [0.29, 0.717) is 6.54 Å². The summed E-state index contributed by atoms with van der Waals surface area (Å²) >= 11 is 0. The lowest BCUT2D eigenvalue weighted by Gasteiger charge is -2.19. The molecule has 2 rings (SSSR count). The van der Waals surface area contributed by atoms with Crippen molar-refractivity contribution >= 4 is 5.91 Å². The summed E-state index contributed by atoms with van der Waals surface area (Å²) in [7, 11) is 0. The van der Waals surface area contributed by atoms with Crippen LogP contribution in [0, 0.1) is 0 Å². The van der Waals surface area contributed by atoms with Crippen molar-refractivity contribution in [1.29, 1.82) is 0 Å². The van der Waals surface area contributed by atoms with E-state index < -0.39 is 0 Å². The van der Waals surface area contributed by atoms with Crippen molar-refractivity contribution in [3.05, 3.63) is 35.9 Å². The second kappa shape index (κ2) is 4.88. The van der Waals surface area contributed by atoms with Crippen LogP contribution in [0.25, 0.3) is 0 Å². The number of nitrogens with one attached hydrogen (secondary N) is 2. The van der Waals surface area contributed by atoms with Gasteiger partial charge >= 0.3 is 0 Å². The first-order valence-corrected chi connectivity index (χ1v) is 6.16. The minimum Gasteiger partial charge on any atom is -0.351 e. The monoisotopic (exact) mass is 232 g/mol. The summed E-state index contributed by atoms with van der Waals surface area (Å²) in [5.74, 6) is 0.111. The second-order valence-electron chi connectivity index (χ2n) is 5.32. The summed E-state index contributed by atoms with van der Waals surface area (Å²) in [5, 5.41) is 6.33. The van der Waals surface area contributed by atoms with Crippen LogP contribution in [0.15, 0.2) is 30.3 Å². The highest BCUT2D eigenvalue weighted by molar-refractivity contribution is 5.82. The molecule has 0 aliphatic carbocycles. The molecule has 1 fully saturated rings. The molecule has 1 aliphatic heterocycles. The fourth-order valence-electron chi connectivity index (χ4n) is 2.23. The molecule has 1 atom stereocenters. The van der Waals surface area contributed by atoms with E-state index in [1.165, 1.54) is 0 Å². The van der Waals surface area contributed by atoms with Gasteiger partial charge in [-0.05, 0) is 32.3 Å². The third-order valence-corrected chi connectivity index (χ3v) is 3.25. The molecule has 92 valence electrons. The van der Waals surface area contributed by atoms with Gasteiger partial charge in [-0.25, -0.2) is 0 Å². The lowest BCUT2D eigenvalue weighted by Crippen LogP contribution is -2.45. The highest BCUT2D eigenvalue weighted by atomic mass is 16.2. The number of amides is 1. The molecule has 1 saturated heterocycles. The maximum atomic E-state index is 11.9. The minimum absolute atomic E-state index is 0.0336. The van der Waals surface area contributed by atoms with Gasteiger partial charge in [0.25, 0.3) is 0 Å². The standard InChI is InChI=1S/C14H20N2O/c1-14(2)9-8-12(16-14)13(17)15-10-11-6-4-3-5-7-11/h3-7,12,16H,8-10H2,1-2H3,(H,15,17). The maximum Gasteiger partial charge on any atom is 0.237 e. The molecule has 0 spiro atoms. The predicted octanol–water partition coefficient (Wildman–Crippen LogP) is 1.83. The zero-order valence-electron chi connectivity index (χ0n) is 10.5. The summed E-state index contributed by atoms with van der Waals surface area (Å²) in [5.41, 5.74) is 1.23. The Morgan fingerprint density at radius 3 is 2.71 bits per heavy atom. The third kappa shape index (κ3) is 3.30. The zero-order valence-corrected chi connectivity index (χ0v) is 10.5. The van der Waals surface area contributed by atoms with Crippen LogP contribution >= 0.6 is 0 Å². The second-order valence-corrected chi connectivity index (χ2v) is 5.32. The van der Waals surface area contributed by atoms with Crippen LogP contribution in [0.2, 0.25) is 0 Å². The van der Waals surface area contributed by atoms with Crippen LogP contribution in [0.1, 0.15) is 32.3 Å². The van der Waals surface area contributed by atoms with E-state index in [0.717, 1.165) is 18.4 Å². The largest absolute Gasteiger partial charge is 0.351 e. The van der Waals surface area contributed by atoms with E-state index in [2.05, 4.69) is 24.5 Å². The van der Waals surface area contributed by atoms with Gasteiger partial charge in [0.2, 0.25) is 5.91 Å². The first-order valence-electron chi connectivity index (χ1n) is 6.16. The maximum absolute atomic E-state index is 11.9. The molecule has 3 heteroatoms. The van der Waals surface area contributed by atoms with Gasteiger partial charge in [0.05, 0.1) is 6.04 Å². The van der Waals surface area contributed by atoms with E-state index in [9.17, 15) is 4.79 Å². The van der Waals surface area contributed by atoms with E-state index in [-0.39, 0.29) is 17.5 Å². The number of hydrogen-bond acceptors (Lipinski definition) is 2. The number of benzene rings is 1. The van der Waals surface area contributed by atoms with Gasteiger partial charge in [0.1, 0.15) is 0 Å². The van der Waals surface area contributed by atoms with Gasteiger partial charge in [-0.3, -0.25) is 4.79 Å². The number of carbonyl (C=O) groups is 1. The fraction of sp³-hybridized carbons (Fsp3) is 0.500. The Balaban J connectivity index is 1.83. The molecular weight excluding hydrogens is 212 g/mol. The van der Waals surface area contributed by atoms with Crippen LogP contribution in [0.4, 0.5) is 0 Å². The molecule has 1 aromatic rings. The van der Waals surface area contributed by atoms with Crippen LogP contribution in [0.3, 0.4) is 0 Å². The number of carbonyl (C=O) groups excluding carboxylic acids is 1. The fourth-order valence-corrected chi connectivity index (χ4v) is 2.23. The average molecular weight is 232 g/mol. The molecule has 0 saturated carbocycles. The quantitative estimate of drug-likeness (QED) is 0.835. The Bertz CT molecular complexity index is 386. The Kier molecular flexibility index (Phi) is 3.48.